The predicted octanol–water partition coefficient (Wildman–Crippen LogP) is 25.7. The van der Waals surface area contributed by atoms with Gasteiger partial charge in [0.2, 0.25) is 0 Å². The fourth-order valence-corrected chi connectivity index (χ4v) is 10.2. The van der Waals surface area contributed by atoms with E-state index in [1.165, 1.54) is 64.2 Å². The normalized spacial score (nSPS) is 14.4. The van der Waals surface area contributed by atoms with Crippen molar-refractivity contribution in [1.82, 2.24) is 0 Å². The summed E-state index contributed by atoms with van der Waals surface area (Å²) in [6.45, 7) is 4.13. The van der Waals surface area contributed by atoms with Crippen LogP contribution in [-0.2, 0) is 32.7 Å². The number of rotatable bonds is 67. The first kappa shape index (κ1) is 92.1. The number of ether oxygens (including phenoxy) is 2. The number of esters is 2. The highest BCUT2D eigenvalue weighted by atomic mass is 31.2. The minimum absolute atomic E-state index is 0.0108. The second kappa shape index (κ2) is 75.3. The molecule has 0 amide bonds. The van der Waals surface area contributed by atoms with Gasteiger partial charge in [0.25, 0.3) is 0 Å². The number of hydrogen-bond donors (Lipinski definition) is 1. The highest BCUT2D eigenvalue weighted by Gasteiger charge is 2.27. The van der Waals surface area contributed by atoms with E-state index in [0.717, 1.165) is 161 Å². The van der Waals surface area contributed by atoms with Crippen LogP contribution in [0.1, 0.15) is 258 Å². The molecular formula is C88H139NO8P+. The molecule has 0 aliphatic rings. The Kier molecular flexibility index (Phi) is 70.7. The number of carbonyl (C=O) groups is 2. The number of unbranched alkanes of at least 4 members (excludes halogenated alkanes) is 15. The summed E-state index contributed by atoms with van der Waals surface area (Å²) in [6, 6.07) is 0. The zero-order chi connectivity index (χ0) is 71.1. The second-order valence-electron chi connectivity index (χ2n) is 25.6. The summed E-state index contributed by atoms with van der Waals surface area (Å²) in [4.78, 5) is 35.9. The molecule has 548 valence electrons. The van der Waals surface area contributed by atoms with E-state index in [9.17, 15) is 19.0 Å². The number of likely N-dealkylation sites (N-methyl/N-ethyl adjacent to an activating group) is 1. The average Bonchev–Trinajstić information content (AvgIpc) is 1.23. The van der Waals surface area contributed by atoms with E-state index >= 15 is 0 Å². The van der Waals surface area contributed by atoms with Crippen molar-refractivity contribution in [1.29, 1.82) is 0 Å². The van der Waals surface area contributed by atoms with Gasteiger partial charge in [-0.1, -0.05) is 315 Å². The molecule has 0 spiro atoms. The van der Waals surface area contributed by atoms with Crippen LogP contribution in [0.25, 0.3) is 0 Å². The molecule has 0 saturated heterocycles. The summed E-state index contributed by atoms with van der Waals surface area (Å²) >= 11 is 0. The highest BCUT2D eigenvalue weighted by molar-refractivity contribution is 7.47. The van der Waals surface area contributed by atoms with Gasteiger partial charge in [-0.15, -0.1) is 0 Å². The van der Waals surface area contributed by atoms with Crippen LogP contribution in [-0.4, -0.2) is 74.9 Å². The van der Waals surface area contributed by atoms with Crippen LogP contribution in [0.3, 0.4) is 0 Å². The molecule has 0 aromatic carbocycles. The largest absolute Gasteiger partial charge is 0.472 e. The van der Waals surface area contributed by atoms with Gasteiger partial charge >= 0.3 is 19.8 Å². The number of carbonyl (C=O) groups excluding carboxylic acids is 2. The first-order valence-electron chi connectivity index (χ1n) is 38.1. The van der Waals surface area contributed by atoms with E-state index in [-0.39, 0.29) is 32.0 Å². The van der Waals surface area contributed by atoms with E-state index in [1.807, 2.05) is 21.1 Å². The number of nitrogens with zero attached hydrogens (tertiary/aromatic N) is 1. The smallest absolute Gasteiger partial charge is 0.462 e. The lowest BCUT2D eigenvalue weighted by Crippen LogP contribution is -2.37. The van der Waals surface area contributed by atoms with E-state index in [1.54, 1.807) is 0 Å². The monoisotopic (exact) mass is 1370 g/mol. The molecule has 0 aromatic rings. The molecule has 0 rings (SSSR count). The molecule has 1 N–H and O–H groups in total. The van der Waals surface area contributed by atoms with Crippen LogP contribution in [0, 0.1) is 0 Å². The molecule has 0 bridgehead atoms. The Morgan fingerprint density at radius 3 is 0.837 bits per heavy atom. The van der Waals surface area contributed by atoms with Gasteiger partial charge in [0.05, 0.1) is 27.7 Å². The molecule has 2 unspecified atom stereocenters. The third kappa shape index (κ3) is 79.1. The van der Waals surface area contributed by atoms with E-state index in [0.29, 0.717) is 17.4 Å². The number of quaternary nitrogens is 1. The van der Waals surface area contributed by atoms with Crippen molar-refractivity contribution in [3.05, 3.63) is 231 Å². The Bertz CT molecular complexity index is 2510. The van der Waals surface area contributed by atoms with Gasteiger partial charge in [-0.05, 0) is 161 Å². The number of hydrogen-bond acceptors (Lipinski definition) is 7. The van der Waals surface area contributed by atoms with Gasteiger partial charge in [0, 0.05) is 12.8 Å². The average molecular weight is 1370 g/mol. The fourth-order valence-electron chi connectivity index (χ4n) is 9.45. The molecule has 10 heteroatoms. The van der Waals surface area contributed by atoms with Crippen molar-refractivity contribution in [2.24, 2.45) is 0 Å². The van der Waals surface area contributed by atoms with Gasteiger partial charge in [-0.3, -0.25) is 18.6 Å². The highest BCUT2D eigenvalue weighted by Crippen LogP contribution is 2.43. The Morgan fingerprint density at radius 2 is 0.551 bits per heavy atom. The first-order valence-corrected chi connectivity index (χ1v) is 39.6. The number of phosphoric acid groups is 1. The van der Waals surface area contributed by atoms with Crippen molar-refractivity contribution in [3.8, 4) is 0 Å². The van der Waals surface area contributed by atoms with Crippen LogP contribution in [0.5, 0.6) is 0 Å². The van der Waals surface area contributed by atoms with Crippen molar-refractivity contribution in [2.45, 2.75) is 264 Å². The van der Waals surface area contributed by atoms with Crippen molar-refractivity contribution >= 4 is 19.8 Å². The SMILES string of the molecule is CC/C=C\C/C=C\C/C=C\C/C=C\C/C=C\C/C=C\C/C=C\C/C=C\C/C=C\C/C=C\C/C=C\C/C=C\CCCCC(=O)OC(COC(=O)CCCCCCCCCCCCCCC/C=C\C/C=C\C/C=C\C/C=C\C/C=C\C/C=C\C/C=C\CC)COP(=O)(O)OCC[N+](C)(C)C. The number of phosphoric ester groups is 1. The Balaban J connectivity index is 4.19. The second-order valence-corrected chi connectivity index (χ2v) is 27.0. The molecule has 0 heterocycles. The fraction of sp³-hybridized carbons (Fsp3) is 0.545. The lowest BCUT2D eigenvalue weighted by Gasteiger charge is -2.24. The summed E-state index contributed by atoms with van der Waals surface area (Å²) in [5, 5.41) is 0. The maximum atomic E-state index is 12.9. The van der Waals surface area contributed by atoms with Crippen molar-refractivity contribution in [3.63, 3.8) is 0 Å². The number of allylic oxidation sites excluding steroid dienone is 38. The van der Waals surface area contributed by atoms with E-state index in [4.69, 9.17) is 18.5 Å². The van der Waals surface area contributed by atoms with E-state index < -0.39 is 26.5 Å². The summed E-state index contributed by atoms with van der Waals surface area (Å²) in [5.74, 6) is -0.865. The molecule has 98 heavy (non-hydrogen) atoms. The molecule has 0 saturated carbocycles. The summed E-state index contributed by atoms with van der Waals surface area (Å²) < 4.78 is 34.7. The molecule has 2 atom stereocenters. The molecule has 0 fully saturated rings. The molecule has 0 aromatic heterocycles. The Morgan fingerprint density at radius 1 is 0.316 bits per heavy atom. The maximum absolute atomic E-state index is 12.9. The molecule has 0 aliphatic carbocycles. The predicted molar refractivity (Wildman–Crippen MR) is 426 cm³/mol. The molecule has 0 radical (unpaired) electrons. The minimum atomic E-state index is -4.42. The van der Waals surface area contributed by atoms with Crippen LogP contribution < -0.4 is 0 Å². The summed E-state index contributed by atoms with van der Waals surface area (Å²) in [5.41, 5.74) is 0. The van der Waals surface area contributed by atoms with Crippen LogP contribution in [0.4, 0.5) is 0 Å². The van der Waals surface area contributed by atoms with Gasteiger partial charge in [-0.2, -0.15) is 0 Å². The zero-order valence-electron chi connectivity index (χ0n) is 62.4. The van der Waals surface area contributed by atoms with E-state index in [2.05, 4.69) is 245 Å². The van der Waals surface area contributed by atoms with Gasteiger partial charge in [-0.25, -0.2) is 4.57 Å². The van der Waals surface area contributed by atoms with Crippen LogP contribution in [0.15, 0.2) is 231 Å². The minimum Gasteiger partial charge on any atom is -0.462 e. The van der Waals surface area contributed by atoms with Gasteiger partial charge < -0.3 is 18.9 Å². The van der Waals surface area contributed by atoms with Crippen LogP contribution in [0.2, 0.25) is 0 Å². The quantitative estimate of drug-likeness (QED) is 0.0211. The third-order valence-electron chi connectivity index (χ3n) is 15.2. The van der Waals surface area contributed by atoms with Crippen molar-refractivity contribution < 1.29 is 42.1 Å². The topological polar surface area (TPSA) is 108 Å². The Hall–Kier alpha value is -5.93. The standard InChI is InChI=1S/C88H138NO8P/c1-6-8-10-12-14-16-18-20-22-24-26-28-30-32-34-36-38-40-42-43-44-45-47-49-51-53-55-57-59-61-63-65-67-69-71-73-75-77-79-81-88(91)97-86(85-96-98(92,93)95-83-82-89(3,4)5)84-94-87(90)80-78-76-74-72-70-68-66-64-62-60-58-56-54-52-50-48-46-41-39-37-35-33-31-29-27-25-23-21-19-17-15-13-11-9-7-2/h8-11,14-17,20-23,26-29,32-35,38-41,43-44,47-50,53,55,59,61,65,67,71,73,86H,6-7,12-13,18-19,24-25,30-31,36-37,42,45-46,51-52,54,56-58,60,62-64,66,68-70,72,74-85H2,1-5H3/p+1/b10-8-,11-9-,16-14-,17-15-,22-20-,23-21-,28-26-,29-27-,34-32-,35-33-,40-38-,41-39-,44-43-,49-47-,50-48-,55-53-,61-59-,67-65-,73-71-. The van der Waals surface area contributed by atoms with Crippen LogP contribution >= 0.6 is 7.82 Å². The third-order valence-corrected chi connectivity index (χ3v) is 16.2. The molecule has 9 nitrogen and oxygen atoms in total. The lowest BCUT2D eigenvalue weighted by molar-refractivity contribution is -0.870. The molecule has 0 aliphatic heterocycles. The molecular weight excluding hydrogens is 1230 g/mol. The zero-order valence-corrected chi connectivity index (χ0v) is 63.3. The summed E-state index contributed by atoms with van der Waals surface area (Å²) in [7, 11) is 1.42. The van der Waals surface area contributed by atoms with Crippen molar-refractivity contribution in [2.75, 3.05) is 47.5 Å². The van der Waals surface area contributed by atoms with Gasteiger partial charge in [0.15, 0.2) is 6.10 Å². The van der Waals surface area contributed by atoms with Gasteiger partial charge in [0.1, 0.15) is 19.8 Å². The summed E-state index contributed by atoms with van der Waals surface area (Å²) in [6.07, 6.45) is 122. The lowest BCUT2D eigenvalue weighted by atomic mass is 10.0. The first-order chi connectivity index (χ1) is 48.0. The maximum Gasteiger partial charge on any atom is 0.472 e. The Labute approximate surface area is 600 Å².